The van der Waals surface area contributed by atoms with Crippen LogP contribution in [0.3, 0.4) is 0 Å². The van der Waals surface area contributed by atoms with Crippen molar-refractivity contribution in [3.63, 3.8) is 0 Å². The topological polar surface area (TPSA) is 113 Å². The van der Waals surface area contributed by atoms with E-state index in [0.29, 0.717) is 0 Å². The first-order valence-corrected chi connectivity index (χ1v) is 12.5. The first kappa shape index (κ1) is 24.3. The van der Waals surface area contributed by atoms with E-state index in [-0.39, 0.29) is 61.1 Å². The minimum absolute atomic E-state index is 0.0371. The lowest BCUT2D eigenvalue weighted by Gasteiger charge is -2.34. The zero-order valence-electron chi connectivity index (χ0n) is 18.9. The van der Waals surface area contributed by atoms with Crippen molar-refractivity contribution in [2.45, 2.75) is 52.4 Å². The average Bonchev–Trinajstić information content (AvgIpc) is 2.96. The molecule has 176 valence electrons. The number of sulfonamides is 1. The number of fused-ring (bicyclic) bond motifs is 1. The Labute approximate surface area is 189 Å². The predicted octanol–water partition coefficient (Wildman–Crippen LogP) is 1.25. The number of hydrogen-bond acceptors (Lipinski definition) is 6. The lowest BCUT2D eigenvalue weighted by Crippen LogP contribution is -2.52. The first-order valence-electron chi connectivity index (χ1n) is 10.9. The monoisotopic (exact) mass is 465 g/mol. The molecule has 3 atom stereocenters. The zero-order valence-corrected chi connectivity index (χ0v) is 19.7. The highest BCUT2D eigenvalue weighted by molar-refractivity contribution is 7.89. The maximum absolute atomic E-state index is 13.0. The fourth-order valence-corrected chi connectivity index (χ4v) is 5.67. The van der Waals surface area contributed by atoms with Crippen molar-refractivity contribution in [1.29, 1.82) is 0 Å². The minimum Gasteiger partial charge on any atom is -0.373 e. The van der Waals surface area contributed by atoms with Gasteiger partial charge in [0, 0.05) is 19.6 Å². The number of hydrogen-bond donors (Lipinski definition) is 1. The molecule has 32 heavy (non-hydrogen) atoms. The second kappa shape index (κ2) is 9.68. The summed E-state index contributed by atoms with van der Waals surface area (Å²) in [5.41, 5.74) is 0.550. The van der Waals surface area contributed by atoms with Gasteiger partial charge in [-0.2, -0.15) is 4.31 Å². The number of carbonyl (C=O) groups is 3. The zero-order chi connectivity index (χ0) is 23.6. The van der Waals surface area contributed by atoms with Gasteiger partial charge in [-0.25, -0.2) is 8.42 Å². The quantitative estimate of drug-likeness (QED) is 0.578. The predicted molar refractivity (Wildman–Crippen MR) is 119 cm³/mol. The van der Waals surface area contributed by atoms with Gasteiger partial charge in [-0.15, -0.1) is 0 Å². The van der Waals surface area contributed by atoms with E-state index >= 15 is 0 Å². The van der Waals surface area contributed by atoms with E-state index in [1.54, 1.807) is 24.3 Å². The van der Waals surface area contributed by atoms with Crippen molar-refractivity contribution >= 4 is 27.7 Å². The highest BCUT2D eigenvalue weighted by atomic mass is 32.2. The number of imide groups is 1. The molecule has 0 aromatic heterocycles. The lowest BCUT2D eigenvalue weighted by atomic mass is 10.0. The molecule has 1 aromatic carbocycles. The van der Waals surface area contributed by atoms with E-state index in [1.165, 1.54) is 4.31 Å². The molecule has 0 bridgehead atoms. The minimum atomic E-state index is -3.59. The van der Waals surface area contributed by atoms with Crippen LogP contribution in [0.25, 0.3) is 0 Å². The van der Waals surface area contributed by atoms with Crippen LogP contribution in [0, 0.1) is 5.92 Å². The van der Waals surface area contributed by atoms with Gasteiger partial charge in [0.1, 0.15) is 6.04 Å². The molecular weight excluding hydrogens is 434 g/mol. The van der Waals surface area contributed by atoms with Crippen molar-refractivity contribution in [2.75, 3.05) is 25.4 Å². The smallest absolute Gasteiger partial charge is 0.262 e. The van der Waals surface area contributed by atoms with Gasteiger partial charge in [0.2, 0.25) is 15.9 Å². The van der Waals surface area contributed by atoms with Crippen molar-refractivity contribution < 1.29 is 27.5 Å². The Kier molecular flexibility index (Phi) is 7.36. The molecule has 1 fully saturated rings. The largest absolute Gasteiger partial charge is 0.373 e. The molecule has 0 spiro atoms. The number of morpholine rings is 1. The molecule has 3 unspecified atom stereocenters. The Morgan fingerprint density at radius 1 is 1.09 bits per heavy atom. The van der Waals surface area contributed by atoms with Gasteiger partial charge >= 0.3 is 0 Å². The summed E-state index contributed by atoms with van der Waals surface area (Å²) in [6.45, 7) is 7.85. The van der Waals surface area contributed by atoms with E-state index < -0.39 is 33.8 Å². The Hall–Kier alpha value is -2.30. The molecule has 3 rings (SSSR count). The highest BCUT2D eigenvalue weighted by Crippen LogP contribution is 2.27. The number of nitrogens with zero attached hydrogens (tertiary/aromatic N) is 2. The van der Waals surface area contributed by atoms with Crippen LogP contribution in [0.2, 0.25) is 0 Å². The molecule has 0 radical (unpaired) electrons. The third kappa shape index (κ3) is 5.19. The van der Waals surface area contributed by atoms with E-state index in [4.69, 9.17) is 4.74 Å². The van der Waals surface area contributed by atoms with Crippen LogP contribution in [0.5, 0.6) is 0 Å². The maximum Gasteiger partial charge on any atom is 0.262 e. The second-order valence-corrected chi connectivity index (χ2v) is 10.9. The van der Waals surface area contributed by atoms with Crippen LogP contribution in [0.1, 0.15) is 54.8 Å². The molecular formula is C22H31N3O6S. The van der Waals surface area contributed by atoms with E-state index in [0.717, 1.165) is 4.90 Å². The van der Waals surface area contributed by atoms with Crippen molar-refractivity contribution in [1.82, 2.24) is 14.5 Å². The number of carbonyl (C=O) groups excluding carboxylic acids is 3. The van der Waals surface area contributed by atoms with Crippen LogP contribution in [-0.4, -0.2) is 79.0 Å². The number of ether oxygens (including phenoxy) is 1. The first-order chi connectivity index (χ1) is 15.0. The van der Waals surface area contributed by atoms with Crippen molar-refractivity contribution in [3.05, 3.63) is 35.4 Å². The Morgan fingerprint density at radius 3 is 2.12 bits per heavy atom. The SMILES string of the molecule is CC(C)CC(C(=O)NCCS(=O)(=O)N1CC(C)OC(C)C1)N1C(=O)c2ccccc2C1=O. The highest BCUT2D eigenvalue weighted by Gasteiger charge is 2.42. The number of nitrogens with one attached hydrogen (secondary N) is 1. The molecule has 1 N–H and O–H groups in total. The van der Waals surface area contributed by atoms with E-state index in [9.17, 15) is 22.8 Å². The van der Waals surface area contributed by atoms with Gasteiger partial charge in [0.25, 0.3) is 11.8 Å². The lowest BCUT2D eigenvalue weighted by molar-refractivity contribution is -0.125. The molecule has 1 aromatic rings. The second-order valence-electron chi connectivity index (χ2n) is 8.85. The fourth-order valence-electron chi connectivity index (χ4n) is 4.18. The number of amides is 3. The van der Waals surface area contributed by atoms with E-state index in [1.807, 2.05) is 27.7 Å². The summed E-state index contributed by atoms with van der Waals surface area (Å²) in [4.78, 5) is 39.7. The molecule has 0 saturated carbocycles. The summed E-state index contributed by atoms with van der Waals surface area (Å²) in [7, 11) is -3.59. The van der Waals surface area contributed by atoms with Crippen molar-refractivity contribution in [3.8, 4) is 0 Å². The summed E-state index contributed by atoms with van der Waals surface area (Å²) < 4.78 is 32.4. The molecule has 2 heterocycles. The third-order valence-corrected chi connectivity index (χ3v) is 7.38. The normalized spacial score (nSPS) is 22.8. The molecule has 2 aliphatic heterocycles. The standard InChI is InChI=1S/C22H31N3O6S/c1-14(2)11-19(25-21(27)17-7-5-6-8-18(17)22(25)28)20(26)23-9-10-32(29,30)24-12-15(3)31-16(4)13-24/h5-8,14-16,19H,9-13H2,1-4H3,(H,23,26). The van der Waals surface area contributed by atoms with Gasteiger partial charge in [-0.1, -0.05) is 26.0 Å². The number of benzene rings is 1. The van der Waals surface area contributed by atoms with Crippen LogP contribution in [-0.2, 0) is 19.6 Å². The summed E-state index contributed by atoms with van der Waals surface area (Å²) >= 11 is 0. The van der Waals surface area contributed by atoms with Crippen LogP contribution in [0.15, 0.2) is 24.3 Å². The van der Waals surface area contributed by atoms with Gasteiger partial charge in [-0.05, 0) is 38.3 Å². The maximum atomic E-state index is 13.0. The van der Waals surface area contributed by atoms with Crippen LogP contribution < -0.4 is 5.32 Å². The Bertz CT molecular complexity index is 948. The Morgan fingerprint density at radius 2 is 1.62 bits per heavy atom. The number of rotatable bonds is 8. The van der Waals surface area contributed by atoms with Gasteiger partial charge in [0.15, 0.2) is 0 Å². The average molecular weight is 466 g/mol. The molecule has 9 nitrogen and oxygen atoms in total. The Balaban J connectivity index is 1.67. The summed E-state index contributed by atoms with van der Waals surface area (Å²) in [6.07, 6.45) is -0.123. The van der Waals surface area contributed by atoms with Gasteiger partial charge in [-0.3, -0.25) is 19.3 Å². The van der Waals surface area contributed by atoms with Gasteiger partial charge in [0.05, 0.1) is 29.1 Å². The van der Waals surface area contributed by atoms with Gasteiger partial charge < -0.3 is 10.1 Å². The van der Waals surface area contributed by atoms with Crippen LogP contribution in [0.4, 0.5) is 0 Å². The fraction of sp³-hybridized carbons (Fsp3) is 0.591. The summed E-state index contributed by atoms with van der Waals surface area (Å²) in [5, 5.41) is 2.63. The van der Waals surface area contributed by atoms with Crippen molar-refractivity contribution in [2.24, 2.45) is 5.92 Å². The summed E-state index contributed by atoms with van der Waals surface area (Å²) in [5.74, 6) is -1.78. The van der Waals surface area contributed by atoms with Crippen LogP contribution >= 0.6 is 0 Å². The molecule has 3 amide bonds. The molecule has 10 heteroatoms. The third-order valence-electron chi connectivity index (χ3n) is 5.57. The molecule has 2 aliphatic rings. The molecule has 1 saturated heterocycles. The van der Waals surface area contributed by atoms with E-state index in [2.05, 4.69) is 5.32 Å². The summed E-state index contributed by atoms with van der Waals surface area (Å²) in [6, 6.07) is 5.47. The molecule has 0 aliphatic carbocycles.